The summed E-state index contributed by atoms with van der Waals surface area (Å²) in [5, 5.41) is 6.42. The molecule has 0 spiro atoms. The van der Waals surface area contributed by atoms with Crippen molar-refractivity contribution in [2.24, 2.45) is 0 Å². The average Bonchev–Trinajstić information content (AvgIpc) is 3.01. The molecule has 0 aliphatic heterocycles. The van der Waals surface area contributed by atoms with Crippen LogP contribution in [-0.2, 0) is 12.0 Å². The monoisotopic (exact) mass is 290 g/mol. The van der Waals surface area contributed by atoms with Gasteiger partial charge in [-0.2, -0.15) is 4.98 Å². The van der Waals surface area contributed by atoms with E-state index in [4.69, 9.17) is 4.52 Å². The first-order valence-electron chi connectivity index (χ1n) is 6.21. The first-order chi connectivity index (χ1) is 9.45. The van der Waals surface area contributed by atoms with Gasteiger partial charge in [0.05, 0.1) is 11.7 Å². The average molecular weight is 290 g/mol. The molecular formula is C13H14N4O2S. The molecule has 0 unspecified atom stereocenters. The van der Waals surface area contributed by atoms with Crippen molar-refractivity contribution in [3.8, 4) is 0 Å². The lowest BCUT2D eigenvalue weighted by Crippen LogP contribution is -2.21. The zero-order valence-electron chi connectivity index (χ0n) is 11.5. The minimum Gasteiger partial charge on any atom is -0.337 e. The number of thiophene rings is 1. The molecule has 3 aromatic rings. The Labute approximate surface area is 119 Å². The predicted molar refractivity (Wildman–Crippen MR) is 76.0 cm³/mol. The lowest BCUT2D eigenvalue weighted by atomic mass is 9.96. The van der Waals surface area contributed by atoms with Gasteiger partial charge in [0.2, 0.25) is 5.89 Å². The summed E-state index contributed by atoms with van der Waals surface area (Å²) in [5.74, 6) is 1.04. The summed E-state index contributed by atoms with van der Waals surface area (Å²) in [4.78, 5) is 21.5. The predicted octanol–water partition coefficient (Wildman–Crippen LogP) is 2.19. The summed E-state index contributed by atoms with van der Waals surface area (Å²) < 4.78 is 6.68. The number of hydrogen-bond donors (Lipinski definition) is 0. The molecule has 0 aliphatic rings. The van der Waals surface area contributed by atoms with Gasteiger partial charge in [-0.05, 0) is 11.4 Å². The number of fused-ring (bicyclic) bond motifs is 1. The van der Waals surface area contributed by atoms with Crippen molar-refractivity contribution in [3.05, 3.63) is 39.8 Å². The maximum atomic E-state index is 12.2. The molecule has 0 fully saturated rings. The molecule has 0 saturated carbocycles. The lowest BCUT2D eigenvalue weighted by Gasteiger charge is -2.10. The van der Waals surface area contributed by atoms with E-state index >= 15 is 0 Å². The van der Waals surface area contributed by atoms with Gasteiger partial charge in [-0.3, -0.25) is 9.36 Å². The van der Waals surface area contributed by atoms with Gasteiger partial charge in [0.1, 0.15) is 11.4 Å². The summed E-state index contributed by atoms with van der Waals surface area (Å²) in [6, 6.07) is 1.78. The summed E-state index contributed by atoms with van der Waals surface area (Å²) in [5.41, 5.74) is -0.269. The third kappa shape index (κ3) is 2.24. The molecule has 7 heteroatoms. The second-order valence-electron chi connectivity index (χ2n) is 5.58. The van der Waals surface area contributed by atoms with Gasteiger partial charge < -0.3 is 4.52 Å². The second kappa shape index (κ2) is 4.52. The number of nitrogens with zero attached hydrogens (tertiary/aromatic N) is 4. The van der Waals surface area contributed by atoms with Crippen LogP contribution < -0.4 is 5.56 Å². The number of rotatable bonds is 2. The molecule has 20 heavy (non-hydrogen) atoms. The summed E-state index contributed by atoms with van der Waals surface area (Å²) in [6.07, 6.45) is 1.52. The topological polar surface area (TPSA) is 73.8 Å². The van der Waals surface area contributed by atoms with E-state index < -0.39 is 0 Å². The Morgan fingerprint density at radius 3 is 2.90 bits per heavy atom. The zero-order chi connectivity index (χ0) is 14.3. The van der Waals surface area contributed by atoms with Gasteiger partial charge in [-0.25, -0.2) is 4.98 Å². The van der Waals surface area contributed by atoms with E-state index in [1.165, 1.54) is 22.2 Å². The molecule has 3 aromatic heterocycles. The largest absolute Gasteiger partial charge is 0.337 e. The molecule has 0 N–H and O–H groups in total. The highest BCUT2D eigenvalue weighted by atomic mass is 32.1. The minimum absolute atomic E-state index is 0.0910. The molecule has 0 aliphatic carbocycles. The standard InChI is InChI=1S/C13H14N4O2S/c1-13(2,3)12-15-9(19-16-12)6-17-7-14-10-8(11(17)18)4-5-20-10/h4-5,7H,6H2,1-3H3. The first-order valence-corrected chi connectivity index (χ1v) is 7.09. The van der Waals surface area contributed by atoms with Crippen molar-refractivity contribution < 1.29 is 4.52 Å². The SMILES string of the molecule is CC(C)(C)c1noc(Cn2cnc3sccc3c2=O)n1. The fourth-order valence-electron chi connectivity index (χ4n) is 1.78. The number of hydrogen-bond acceptors (Lipinski definition) is 6. The summed E-state index contributed by atoms with van der Waals surface area (Å²) in [6.45, 7) is 6.26. The number of aromatic nitrogens is 4. The van der Waals surface area contributed by atoms with Crippen molar-refractivity contribution in [2.75, 3.05) is 0 Å². The fourth-order valence-corrected chi connectivity index (χ4v) is 2.50. The molecule has 0 radical (unpaired) electrons. The normalized spacial score (nSPS) is 12.2. The van der Waals surface area contributed by atoms with Gasteiger partial charge in [0.15, 0.2) is 5.82 Å². The highest BCUT2D eigenvalue weighted by Gasteiger charge is 2.21. The summed E-state index contributed by atoms with van der Waals surface area (Å²) >= 11 is 1.45. The van der Waals surface area contributed by atoms with Crippen LogP contribution in [0.15, 0.2) is 27.1 Å². The van der Waals surface area contributed by atoms with Crippen molar-refractivity contribution in [1.82, 2.24) is 19.7 Å². The summed E-state index contributed by atoms with van der Waals surface area (Å²) in [7, 11) is 0. The van der Waals surface area contributed by atoms with Gasteiger partial charge in [-0.15, -0.1) is 11.3 Å². The molecule has 3 heterocycles. The van der Waals surface area contributed by atoms with E-state index in [9.17, 15) is 4.79 Å². The van der Waals surface area contributed by atoms with E-state index in [2.05, 4.69) is 15.1 Å². The van der Waals surface area contributed by atoms with Crippen molar-refractivity contribution in [1.29, 1.82) is 0 Å². The van der Waals surface area contributed by atoms with Crippen LogP contribution in [0.3, 0.4) is 0 Å². The van der Waals surface area contributed by atoms with E-state index in [-0.39, 0.29) is 17.5 Å². The molecule has 0 aromatic carbocycles. The van der Waals surface area contributed by atoms with Gasteiger partial charge in [-0.1, -0.05) is 25.9 Å². The van der Waals surface area contributed by atoms with Gasteiger partial charge in [0.25, 0.3) is 5.56 Å². The molecule has 6 nitrogen and oxygen atoms in total. The van der Waals surface area contributed by atoms with Crippen LogP contribution in [0.2, 0.25) is 0 Å². The quantitative estimate of drug-likeness (QED) is 0.723. The van der Waals surface area contributed by atoms with Crippen LogP contribution in [0.4, 0.5) is 0 Å². The third-order valence-electron chi connectivity index (χ3n) is 2.89. The Kier molecular flexibility index (Phi) is 2.93. The molecule has 0 atom stereocenters. The molecule has 0 bridgehead atoms. The van der Waals surface area contributed by atoms with Crippen LogP contribution >= 0.6 is 11.3 Å². The van der Waals surface area contributed by atoms with E-state index in [0.717, 1.165) is 4.83 Å². The molecule has 3 rings (SSSR count). The minimum atomic E-state index is -0.178. The second-order valence-corrected chi connectivity index (χ2v) is 6.47. The Balaban J connectivity index is 1.95. The van der Waals surface area contributed by atoms with Crippen molar-refractivity contribution >= 4 is 21.6 Å². The van der Waals surface area contributed by atoms with E-state index in [0.29, 0.717) is 17.1 Å². The van der Waals surface area contributed by atoms with Crippen LogP contribution in [-0.4, -0.2) is 19.7 Å². The Hall–Kier alpha value is -2.02. The van der Waals surface area contributed by atoms with Crippen molar-refractivity contribution in [3.63, 3.8) is 0 Å². The van der Waals surface area contributed by atoms with E-state index in [1.54, 1.807) is 6.07 Å². The van der Waals surface area contributed by atoms with Gasteiger partial charge in [0, 0.05) is 5.41 Å². The van der Waals surface area contributed by atoms with Crippen LogP contribution in [0.25, 0.3) is 10.2 Å². The van der Waals surface area contributed by atoms with E-state index in [1.807, 2.05) is 26.2 Å². The maximum Gasteiger partial charge on any atom is 0.262 e. The Bertz CT molecular complexity index is 809. The zero-order valence-corrected chi connectivity index (χ0v) is 12.3. The third-order valence-corrected chi connectivity index (χ3v) is 3.72. The van der Waals surface area contributed by atoms with Crippen molar-refractivity contribution in [2.45, 2.75) is 32.7 Å². The van der Waals surface area contributed by atoms with Crippen LogP contribution in [0, 0.1) is 0 Å². The molecular weight excluding hydrogens is 276 g/mol. The molecule has 0 saturated heterocycles. The maximum absolute atomic E-state index is 12.2. The highest BCUT2D eigenvalue weighted by molar-refractivity contribution is 7.16. The molecule has 104 valence electrons. The fraction of sp³-hybridized carbons (Fsp3) is 0.385. The smallest absolute Gasteiger partial charge is 0.262 e. The lowest BCUT2D eigenvalue weighted by molar-refractivity contribution is 0.356. The Morgan fingerprint density at radius 2 is 2.20 bits per heavy atom. The molecule has 0 amide bonds. The Morgan fingerprint density at radius 1 is 1.40 bits per heavy atom. The van der Waals surface area contributed by atoms with Crippen LogP contribution in [0.5, 0.6) is 0 Å². The van der Waals surface area contributed by atoms with Gasteiger partial charge >= 0.3 is 0 Å². The van der Waals surface area contributed by atoms with Crippen LogP contribution in [0.1, 0.15) is 32.5 Å². The highest BCUT2D eigenvalue weighted by Crippen LogP contribution is 2.18. The first kappa shape index (κ1) is 13.0.